The molecule has 116 valence electrons. The number of rotatable bonds is 6. The molecule has 0 aliphatic rings. The molecule has 0 saturated heterocycles. The van der Waals surface area contributed by atoms with Gasteiger partial charge in [0.1, 0.15) is 5.75 Å². The Morgan fingerprint density at radius 1 is 1.29 bits per heavy atom. The van der Waals surface area contributed by atoms with Gasteiger partial charge in [-0.05, 0) is 31.0 Å². The molecular weight excluding hydrogens is 272 g/mol. The van der Waals surface area contributed by atoms with E-state index in [4.69, 9.17) is 10.5 Å². The molecule has 0 saturated carbocycles. The molecule has 0 fully saturated rings. The predicted octanol–water partition coefficient (Wildman–Crippen LogP) is 1.59. The first-order valence-electron chi connectivity index (χ1n) is 6.77. The molecule has 1 rings (SSSR count). The molecule has 1 aromatic rings. The molecule has 21 heavy (non-hydrogen) atoms. The van der Waals surface area contributed by atoms with Gasteiger partial charge in [0.15, 0.2) is 6.10 Å². The normalized spacial score (nSPS) is 11.9. The van der Waals surface area contributed by atoms with Gasteiger partial charge >= 0.3 is 5.97 Å². The highest BCUT2D eigenvalue weighted by atomic mass is 16.5. The molecule has 6 nitrogen and oxygen atoms in total. The van der Waals surface area contributed by atoms with Gasteiger partial charge in [0.2, 0.25) is 0 Å². The van der Waals surface area contributed by atoms with Crippen molar-refractivity contribution in [2.24, 2.45) is 5.92 Å². The number of anilines is 1. The van der Waals surface area contributed by atoms with Crippen LogP contribution < -0.4 is 15.8 Å². The van der Waals surface area contributed by atoms with Crippen molar-refractivity contribution in [2.45, 2.75) is 26.9 Å². The number of benzene rings is 1. The quantitative estimate of drug-likeness (QED) is 0.614. The molecule has 3 N–H and O–H groups in total. The lowest BCUT2D eigenvalue weighted by molar-refractivity contribution is -0.127. The highest BCUT2D eigenvalue weighted by Gasteiger charge is 2.17. The van der Waals surface area contributed by atoms with Gasteiger partial charge in [0.05, 0.1) is 18.4 Å². The van der Waals surface area contributed by atoms with Gasteiger partial charge in [-0.1, -0.05) is 13.8 Å². The first-order valence-corrected chi connectivity index (χ1v) is 6.77. The standard InChI is InChI=1S/C15H22N2O4/c1-9(2)8-17-14(18)10(3)21-13-6-5-11(7-12(13)16)15(19)20-4/h5-7,9-10H,8,16H2,1-4H3,(H,17,18). The van der Waals surface area contributed by atoms with E-state index in [0.717, 1.165) is 0 Å². The molecule has 1 aromatic carbocycles. The van der Waals surface area contributed by atoms with Crippen LogP contribution in [-0.2, 0) is 9.53 Å². The van der Waals surface area contributed by atoms with Crippen LogP contribution in [0, 0.1) is 5.92 Å². The maximum absolute atomic E-state index is 11.8. The van der Waals surface area contributed by atoms with E-state index >= 15 is 0 Å². The Morgan fingerprint density at radius 2 is 1.95 bits per heavy atom. The van der Waals surface area contributed by atoms with Crippen molar-refractivity contribution in [3.05, 3.63) is 23.8 Å². The zero-order valence-electron chi connectivity index (χ0n) is 12.8. The number of amides is 1. The third-order valence-corrected chi connectivity index (χ3v) is 2.79. The zero-order chi connectivity index (χ0) is 16.0. The lowest BCUT2D eigenvalue weighted by atomic mass is 10.2. The molecule has 0 radical (unpaired) electrons. The van der Waals surface area contributed by atoms with E-state index in [1.807, 2.05) is 13.8 Å². The molecule has 1 unspecified atom stereocenters. The summed E-state index contributed by atoms with van der Waals surface area (Å²) in [5.41, 5.74) is 6.43. The molecule has 0 bridgehead atoms. The average Bonchev–Trinajstić information content (AvgIpc) is 2.45. The molecular formula is C15H22N2O4. The first-order chi connectivity index (χ1) is 9.85. The van der Waals surface area contributed by atoms with Crippen molar-refractivity contribution < 1.29 is 19.1 Å². The van der Waals surface area contributed by atoms with Gasteiger partial charge in [-0.15, -0.1) is 0 Å². The van der Waals surface area contributed by atoms with Gasteiger partial charge in [0.25, 0.3) is 5.91 Å². The minimum Gasteiger partial charge on any atom is -0.479 e. The molecule has 0 aromatic heterocycles. The van der Waals surface area contributed by atoms with E-state index in [9.17, 15) is 9.59 Å². The second kappa shape index (κ2) is 7.52. The maximum Gasteiger partial charge on any atom is 0.337 e. The monoisotopic (exact) mass is 294 g/mol. The molecule has 0 aliphatic carbocycles. The van der Waals surface area contributed by atoms with Crippen molar-refractivity contribution in [3.63, 3.8) is 0 Å². The lowest BCUT2D eigenvalue weighted by Crippen LogP contribution is -2.38. The molecule has 0 spiro atoms. The Bertz CT molecular complexity index is 514. The summed E-state index contributed by atoms with van der Waals surface area (Å²) in [6, 6.07) is 4.55. The van der Waals surface area contributed by atoms with Crippen LogP contribution in [0.25, 0.3) is 0 Å². The van der Waals surface area contributed by atoms with Gasteiger partial charge in [-0.2, -0.15) is 0 Å². The number of hydrogen-bond acceptors (Lipinski definition) is 5. The second-order valence-electron chi connectivity index (χ2n) is 5.14. The van der Waals surface area contributed by atoms with E-state index < -0.39 is 12.1 Å². The van der Waals surface area contributed by atoms with Crippen LogP contribution in [0.4, 0.5) is 5.69 Å². The summed E-state index contributed by atoms with van der Waals surface area (Å²) in [6.45, 7) is 6.25. The summed E-state index contributed by atoms with van der Waals surface area (Å²) in [6.07, 6.45) is -0.671. The van der Waals surface area contributed by atoms with Gasteiger partial charge in [0, 0.05) is 6.54 Å². The Hall–Kier alpha value is -2.24. The maximum atomic E-state index is 11.8. The van der Waals surface area contributed by atoms with Crippen LogP contribution in [0.3, 0.4) is 0 Å². The molecule has 1 atom stereocenters. The summed E-state index contributed by atoms with van der Waals surface area (Å²) >= 11 is 0. The number of nitrogen functional groups attached to an aromatic ring is 1. The molecule has 6 heteroatoms. The van der Waals surface area contributed by atoms with Crippen molar-refractivity contribution in [1.82, 2.24) is 5.32 Å². The number of nitrogens with two attached hydrogens (primary N) is 1. The average molecular weight is 294 g/mol. The summed E-state index contributed by atoms with van der Waals surface area (Å²) in [5, 5.41) is 2.78. The fourth-order valence-corrected chi connectivity index (χ4v) is 1.59. The summed E-state index contributed by atoms with van der Waals surface area (Å²) in [4.78, 5) is 23.2. The van der Waals surface area contributed by atoms with Gasteiger partial charge in [-0.3, -0.25) is 4.79 Å². The van der Waals surface area contributed by atoms with Crippen LogP contribution >= 0.6 is 0 Å². The topological polar surface area (TPSA) is 90.6 Å². The Morgan fingerprint density at radius 3 is 2.48 bits per heavy atom. The van der Waals surface area contributed by atoms with Crippen molar-refractivity contribution in [1.29, 1.82) is 0 Å². The molecule has 1 amide bonds. The summed E-state index contributed by atoms with van der Waals surface area (Å²) < 4.78 is 10.1. The van der Waals surface area contributed by atoms with E-state index in [-0.39, 0.29) is 11.6 Å². The highest BCUT2D eigenvalue weighted by Crippen LogP contribution is 2.24. The minimum atomic E-state index is -0.671. The van der Waals surface area contributed by atoms with Gasteiger partial charge in [-0.25, -0.2) is 4.79 Å². The van der Waals surface area contributed by atoms with Crippen LogP contribution in [0.5, 0.6) is 5.75 Å². The second-order valence-corrected chi connectivity index (χ2v) is 5.14. The number of hydrogen-bond donors (Lipinski definition) is 2. The Kier molecular flexibility index (Phi) is 6.02. The summed E-state index contributed by atoms with van der Waals surface area (Å²) in [5.74, 6) is 0.0385. The Balaban J connectivity index is 2.70. The number of carbonyl (C=O) groups is 2. The highest BCUT2D eigenvalue weighted by molar-refractivity contribution is 5.91. The third kappa shape index (κ3) is 4.98. The van der Waals surface area contributed by atoms with E-state index in [2.05, 4.69) is 10.1 Å². The summed E-state index contributed by atoms with van der Waals surface area (Å²) in [7, 11) is 1.30. The van der Waals surface area contributed by atoms with E-state index in [1.165, 1.54) is 19.2 Å². The SMILES string of the molecule is COC(=O)c1ccc(OC(C)C(=O)NCC(C)C)c(N)c1. The van der Waals surface area contributed by atoms with E-state index in [0.29, 0.717) is 23.8 Å². The minimum absolute atomic E-state index is 0.208. The molecule has 0 heterocycles. The van der Waals surface area contributed by atoms with Crippen LogP contribution in [-0.4, -0.2) is 31.6 Å². The third-order valence-electron chi connectivity index (χ3n) is 2.79. The fraction of sp³-hybridized carbons (Fsp3) is 0.467. The number of nitrogens with one attached hydrogen (secondary N) is 1. The Labute approximate surface area is 124 Å². The number of carbonyl (C=O) groups excluding carboxylic acids is 2. The largest absolute Gasteiger partial charge is 0.479 e. The smallest absolute Gasteiger partial charge is 0.337 e. The van der Waals surface area contributed by atoms with Crippen LogP contribution in [0.15, 0.2) is 18.2 Å². The van der Waals surface area contributed by atoms with Crippen LogP contribution in [0.1, 0.15) is 31.1 Å². The van der Waals surface area contributed by atoms with Crippen LogP contribution in [0.2, 0.25) is 0 Å². The fourth-order valence-electron chi connectivity index (χ4n) is 1.59. The number of ether oxygens (including phenoxy) is 2. The lowest BCUT2D eigenvalue weighted by Gasteiger charge is -2.17. The predicted molar refractivity (Wildman–Crippen MR) is 80.1 cm³/mol. The first kappa shape index (κ1) is 16.8. The number of esters is 1. The zero-order valence-corrected chi connectivity index (χ0v) is 12.8. The molecule has 0 aliphatic heterocycles. The van der Waals surface area contributed by atoms with Crippen molar-refractivity contribution >= 4 is 17.6 Å². The van der Waals surface area contributed by atoms with Crippen molar-refractivity contribution in [2.75, 3.05) is 19.4 Å². The van der Waals surface area contributed by atoms with Gasteiger partial charge < -0.3 is 20.5 Å². The number of methoxy groups -OCH3 is 1. The van der Waals surface area contributed by atoms with E-state index in [1.54, 1.807) is 13.0 Å². The van der Waals surface area contributed by atoms with Crippen molar-refractivity contribution in [3.8, 4) is 5.75 Å².